The minimum absolute atomic E-state index is 0.212. The Morgan fingerprint density at radius 2 is 1.42 bits per heavy atom. The van der Waals surface area contributed by atoms with Gasteiger partial charge in [-0.25, -0.2) is 0 Å². The maximum atomic E-state index is 13.1. The first-order valence-electron chi connectivity index (χ1n) is 12.5. The summed E-state index contributed by atoms with van der Waals surface area (Å²) in [4.78, 5) is 31.8. The van der Waals surface area contributed by atoms with Crippen LogP contribution in [0.15, 0.2) is 30.3 Å². The molecule has 0 aliphatic carbocycles. The first-order chi connectivity index (χ1) is 15.1. The molecule has 3 aliphatic heterocycles. The highest BCUT2D eigenvalue weighted by molar-refractivity contribution is 5.79. The first-order valence-corrected chi connectivity index (χ1v) is 12.5. The molecule has 3 saturated heterocycles. The topological polar surface area (TPSA) is 43.9 Å². The van der Waals surface area contributed by atoms with E-state index < -0.39 is 0 Å². The van der Waals surface area contributed by atoms with Gasteiger partial charge in [0.25, 0.3) is 0 Å². The van der Waals surface area contributed by atoms with Gasteiger partial charge in [0, 0.05) is 44.6 Å². The highest BCUT2D eigenvalue weighted by atomic mass is 16.2. The Bertz CT molecular complexity index is 713. The molecule has 2 amide bonds. The van der Waals surface area contributed by atoms with Crippen molar-refractivity contribution in [3.05, 3.63) is 35.9 Å². The maximum Gasteiger partial charge on any atom is 0.225 e. The van der Waals surface area contributed by atoms with Gasteiger partial charge in [-0.05, 0) is 69.5 Å². The summed E-state index contributed by atoms with van der Waals surface area (Å²) >= 11 is 0. The predicted molar refractivity (Wildman–Crippen MR) is 124 cm³/mol. The Morgan fingerprint density at radius 1 is 0.806 bits per heavy atom. The van der Waals surface area contributed by atoms with Gasteiger partial charge >= 0.3 is 0 Å². The number of nitrogens with zero attached hydrogens (tertiary/aromatic N) is 3. The van der Waals surface area contributed by atoms with Gasteiger partial charge < -0.3 is 14.7 Å². The van der Waals surface area contributed by atoms with E-state index in [2.05, 4.69) is 40.1 Å². The molecule has 170 valence electrons. The van der Waals surface area contributed by atoms with Crippen LogP contribution < -0.4 is 0 Å². The molecular formula is C26H39N3O2. The van der Waals surface area contributed by atoms with Crippen molar-refractivity contribution in [1.82, 2.24) is 14.7 Å². The second-order valence-corrected chi connectivity index (χ2v) is 9.73. The highest BCUT2D eigenvalue weighted by Gasteiger charge is 2.34. The summed E-state index contributed by atoms with van der Waals surface area (Å²) in [7, 11) is 0. The van der Waals surface area contributed by atoms with Gasteiger partial charge in [-0.1, -0.05) is 37.3 Å². The third-order valence-electron chi connectivity index (χ3n) is 7.81. The molecular weight excluding hydrogens is 386 g/mol. The van der Waals surface area contributed by atoms with Gasteiger partial charge in [0.2, 0.25) is 11.8 Å². The summed E-state index contributed by atoms with van der Waals surface area (Å²) in [6.45, 7) is 7.67. The van der Waals surface area contributed by atoms with Crippen molar-refractivity contribution in [3.8, 4) is 0 Å². The molecule has 1 aromatic rings. The second kappa shape index (κ2) is 10.6. The van der Waals surface area contributed by atoms with E-state index >= 15 is 0 Å². The fraction of sp³-hybridized carbons (Fsp3) is 0.692. The summed E-state index contributed by atoms with van der Waals surface area (Å²) in [6, 6.07) is 11.3. The molecule has 4 rings (SSSR count). The molecule has 31 heavy (non-hydrogen) atoms. The van der Waals surface area contributed by atoms with E-state index in [0.29, 0.717) is 24.3 Å². The summed E-state index contributed by atoms with van der Waals surface area (Å²) in [5, 5.41) is 0. The Morgan fingerprint density at radius 3 is 2.03 bits per heavy atom. The van der Waals surface area contributed by atoms with Crippen molar-refractivity contribution in [3.63, 3.8) is 0 Å². The largest absolute Gasteiger partial charge is 0.343 e. The zero-order valence-electron chi connectivity index (χ0n) is 19.2. The van der Waals surface area contributed by atoms with Crippen LogP contribution in [0, 0.1) is 11.8 Å². The number of amides is 2. The molecule has 0 atom stereocenters. The fourth-order valence-corrected chi connectivity index (χ4v) is 5.78. The van der Waals surface area contributed by atoms with Crippen LogP contribution in [0.4, 0.5) is 0 Å². The molecule has 0 spiro atoms. The third-order valence-corrected chi connectivity index (χ3v) is 7.81. The standard InChI is InChI=1S/C26H39N3O2/c1-2-25(30)28-18-12-24(13-19-28)27-16-10-23(11-17-27)26(31)29-14-8-22(9-15-29)20-21-6-4-3-5-7-21/h3-7,22-24H,2,8-20H2,1H3. The quantitative estimate of drug-likeness (QED) is 0.724. The molecule has 3 heterocycles. The number of rotatable bonds is 5. The number of piperidine rings is 3. The second-order valence-electron chi connectivity index (χ2n) is 9.73. The Kier molecular flexibility index (Phi) is 7.65. The van der Waals surface area contributed by atoms with Crippen molar-refractivity contribution < 1.29 is 9.59 Å². The van der Waals surface area contributed by atoms with Crippen molar-refractivity contribution in [1.29, 1.82) is 0 Å². The van der Waals surface area contributed by atoms with Crippen LogP contribution in [-0.2, 0) is 16.0 Å². The Balaban J connectivity index is 1.17. The van der Waals surface area contributed by atoms with Crippen LogP contribution in [-0.4, -0.2) is 71.8 Å². The van der Waals surface area contributed by atoms with Crippen LogP contribution >= 0.6 is 0 Å². The molecule has 1 aromatic carbocycles. The number of hydrogen-bond acceptors (Lipinski definition) is 3. The smallest absolute Gasteiger partial charge is 0.225 e. The summed E-state index contributed by atoms with van der Waals surface area (Å²) in [6.07, 6.45) is 8.18. The van der Waals surface area contributed by atoms with Crippen molar-refractivity contribution >= 4 is 11.8 Å². The zero-order chi connectivity index (χ0) is 21.6. The molecule has 3 fully saturated rings. The van der Waals surface area contributed by atoms with Gasteiger partial charge in [-0.15, -0.1) is 0 Å². The summed E-state index contributed by atoms with van der Waals surface area (Å²) in [5.41, 5.74) is 1.42. The zero-order valence-corrected chi connectivity index (χ0v) is 19.2. The monoisotopic (exact) mass is 425 g/mol. The normalized spacial score (nSPS) is 22.6. The molecule has 0 bridgehead atoms. The molecule has 0 aromatic heterocycles. The molecule has 0 unspecified atom stereocenters. The first kappa shape index (κ1) is 22.3. The Labute approximate surface area is 187 Å². The molecule has 5 nitrogen and oxygen atoms in total. The van der Waals surface area contributed by atoms with E-state index in [1.807, 2.05) is 11.8 Å². The van der Waals surface area contributed by atoms with E-state index in [1.165, 1.54) is 5.56 Å². The van der Waals surface area contributed by atoms with E-state index in [-0.39, 0.29) is 11.8 Å². The minimum Gasteiger partial charge on any atom is -0.343 e. The fourth-order valence-electron chi connectivity index (χ4n) is 5.78. The van der Waals surface area contributed by atoms with Crippen LogP contribution in [0.2, 0.25) is 0 Å². The van der Waals surface area contributed by atoms with E-state index in [4.69, 9.17) is 0 Å². The number of benzene rings is 1. The highest BCUT2D eigenvalue weighted by Crippen LogP contribution is 2.28. The van der Waals surface area contributed by atoms with Gasteiger partial charge in [0.1, 0.15) is 0 Å². The average Bonchev–Trinajstić information content (AvgIpc) is 2.84. The van der Waals surface area contributed by atoms with Crippen LogP contribution in [0.5, 0.6) is 0 Å². The lowest BCUT2D eigenvalue weighted by Gasteiger charge is -2.42. The number of likely N-dealkylation sites (tertiary alicyclic amines) is 3. The minimum atomic E-state index is 0.212. The van der Waals surface area contributed by atoms with Gasteiger partial charge in [-0.3, -0.25) is 9.59 Å². The molecule has 3 aliphatic rings. The number of hydrogen-bond donors (Lipinski definition) is 0. The average molecular weight is 426 g/mol. The summed E-state index contributed by atoms with van der Waals surface area (Å²) in [5.74, 6) is 1.61. The molecule has 5 heteroatoms. The third kappa shape index (κ3) is 5.68. The lowest BCUT2D eigenvalue weighted by molar-refractivity contribution is -0.139. The van der Waals surface area contributed by atoms with Gasteiger partial charge in [-0.2, -0.15) is 0 Å². The van der Waals surface area contributed by atoms with E-state index in [1.54, 1.807) is 0 Å². The van der Waals surface area contributed by atoms with Gasteiger partial charge in [0.05, 0.1) is 0 Å². The number of carbonyl (C=O) groups is 2. The molecule has 0 N–H and O–H groups in total. The SMILES string of the molecule is CCC(=O)N1CCC(N2CCC(C(=O)N3CCC(Cc4ccccc4)CC3)CC2)CC1. The lowest BCUT2D eigenvalue weighted by atomic mass is 9.88. The number of carbonyl (C=O) groups excluding carboxylic acids is 2. The van der Waals surface area contributed by atoms with Crippen LogP contribution in [0.25, 0.3) is 0 Å². The predicted octanol–water partition coefficient (Wildman–Crippen LogP) is 3.58. The summed E-state index contributed by atoms with van der Waals surface area (Å²) < 4.78 is 0. The van der Waals surface area contributed by atoms with Crippen LogP contribution in [0.3, 0.4) is 0 Å². The maximum absolute atomic E-state index is 13.1. The van der Waals surface area contributed by atoms with E-state index in [9.17, 15) is 9.59 Å². The van der Waals surface area contributed by atoms with Crippen molar-refractivity contribution in [2.45, 2.75) is 64.3 Å². The Hall–Kier alpha value is -1.88. The van der Waals surface area contributed by atoms with Gasteiger partial charge in [0.15, 0.2) is 0 Å². The van der Waals surface area contributed by atoms with Crippen molar-refractivity contribution in [2.24, 2.45) is 11.8 Å². The lowest BCUT2D eigenvalue weighted by Crippen LogP contribution is -2.51. The van der Waals surface area contributed by atoms with Crippen LogP contribution in [0.1, 0.15) is 57.4 Å². The van der Waals surface area contributed by atoms with E-state index in [0.717, 1.165) is 84.2 Å². The van der Waals surface area contributed by atoms with Crippen molar-refractivity contribution in [2.75, 3.05) is 39.3 Å². The molecule has 0 saturated carbocycles. The molecule has 0 radical (unpaired) electrons.